The van der Waals surface area contributed by atoms with Crippen molar-refractivity contribution in [2.45, 2.75) is 45.8 Å². The average molecular weight is 253 g/mol. The van der Waals surface area contributed by atoms with Gasteiger partial charge in [0.15, 0.2) is 17.9 Å². The van der Waals surface area contributed by atoms with Crippen LogP contribution in [0.25, 0.3) is 0 Å². The van der Waals surface area contributed by atoms with Gasteiger partial charge in [-0.3, -0.25) is 9.79 Å². The Morgan fingerprint density at radius 2 is 2.22 bits per heavy atom. The van der Waals surface area contributed by atoms with Crippen LogP contribution in [0.5, 0.6) is 0 Å². The number of aliphatic imine (C=N–C) groups is 1. The summed E-state index contributed by atoms with van der Waals surface area (Å²) >= 11 is 0. The van der Waals surface area contributed by atoms with Gasteiger partial charge in [0.1, 0.15) is 0 Å². The van der Waals surface area contributed by atoms with Crippen LogP contribution in [0.1, 0.15) is 33.6 Å². The van der Waals surface area contributed by atoms with Gasteiger partial charge in [0.25, 0.3) is 0 Å². The molecule has 2 aliphatic rings. The van der Waals surface area contributed by atoms with Gasteiger partial charge < -0.3 is 9.47 Å². The second-order valence-electron chi connectivity index (χ2n) is 5.59. The van der Waals surface area contributed by atoms with Crippen LogP contribution in [0, 0.1) is 5.41 Å². The largest absolute Gasteiger partial charge is 0.464 e. The van der Waals surface area contributed by atoms with Gasteiger partial charge in [-0.15, -0.1) is 0 Å². The Bertz CT molecular complexity index is 400. The molecule has 1 aliphatic heterocycles. The van der Waals surface area contributed by atoms with Gasteiger partial charge in [0.2, 0.25) is 0 Å². The van der Waals surface area contributed by atoms with Gasteiger partial charge in [-0.1, -0.05) is 13.8 Å². The fraction of sp³-hybridized carbons (Fsp3) is 0.769. The quantitative estimate of drug-likeness (QED) is 0.692. The van der Waals surface area contributed by atoms with Crippen LogP contribution in [0.4, 0.5) is 0 Å². The standard InChI is InChI=1S/C13H19NO4/c1-4-17-12(16)9-7-18-11-8(14-9)5-13(2,3)6-10(11)15/h9,11H,4-7H2,1-3H3. The molecule has 0 spiro atoms. The third-order valence-electron chi connectivity index (χ3n) is 3.21. The van der Waals surface area contributed by atoms with Gasteiger partial charge in [0, 0.05) is 6.42 Å². The predicted molar refractivity (Wildman–Crippen MR) is 65.6 cm³/mol. The summed E-state index contributed by atoms with van der Waals surface area (Å²) in [6, 6.07) is -0.613. The number of fused-ring (bicyclic) bond motifs is 1. The zero-order chi connectivity index (χ0) is 13.3. The van der Waals surface area contributed by atoms with E-state index in [0.717, 1.165) is 0 Å². The van der Waals surface area contributed by atoms with Gasteiger partial charge in [-0.25, -0.2) is 4.79 Å². The lowest BCUT2D eigenvalue weighted by molar-refractivity contribution is -0.148. The fourth-order valence-corrected chi connectivity index (χ4v) is 2.48. The van der Waals surface area contributed by atoms with Crippen molar-refractivity contribution in [3.8, 4) is 0 Å². The normalized spacial score (nSPS) is 30.4. The molecule has 2 unspecified atom stereocenters. The minimum Gasteiger partial charge on any atom is -0.464 e. The molecule has 0 aromatic carbocycles. The van der Waals surface area contributed by atoms with Crippen molar-refractivity contribution in [3.05, 3.63) is 0 Å². The third kappa shape index (κ3) is 2.61. The molecular weight excluding hydrogens is 234 g/mol. The summed E-state index contributed by atoms with van der Waals surface area (Å²) in [6.45, 7) is 6.27. The molecule has 1 aliphatic carbocycles. The van der Waals surface area contributed by atoms with E-state index in [0.29, 0.717) is 25.2 Å². The van der Waals surface area contributed by atoms with Crippen molar-refractivity contribution in [2.75, 3.05) is 13.2 Å². The zero-order valence-corrected chi connectivity index (χ0v) is 11.1. The van der Waals surface area contributed by atoms with Crippen LogP contribution in [0.3, 0.4) is 0 Å². The number of esters is 1. The van der Waals surface area contributed by atoms with Crippen LogP contribution < -0.4 is 0 Å². The van der Waals surface area contributed by atoms with Crippen molar-refractivity contribution < 1.29 is 19.1 Å². The van der Waals surface area contributed by atoms with E-state index >= 15 is 0 Å². The molecule has 5 nitrogen and oxygen atoms in total. The summed E-state index contributed by atoms with van der Waals surface area (Å²) in [5.41, 5.74) is 0.590. The first-order valence-corrected chi connectivity index (χ1v) is 6.30. The Hall–Kier alpha value is -1.23. The first-order valence-electron chi connectivity index (χ1n) is 6.30. The molecule has 2 rings (SSSR count). The van der Waals surface area contributed by atoms with E-state index in [2.05, 4.69) is 4.99 Å². The second-order valence-corrected chi connectivity index (χ2v) is 5.59. The number of hydrogen-bond acceptors (Lipinski definition) is 5. The molecule has 1 heterocycles. The Balaban J connectivity index is 2.17. The van der Waals surface area contributed by atoms with Gasteiger partial charge >= 0.3 is 5.97 Å². The summed E-state index contributed by atoms with van der Waals surface area (Å²) in [5, 5.41) is 0. The van der Waals surface area contributed by atoms with Crippen LogP contribution in [-0.2, 0) is 19.1 Å². The lowest BCUT2D eigenvalue weighted by Gasteiger charge is -2.37. The second kappa shape index (κ2) is 4.80. The third-order valence-corrected chi connectivity index (χ3v) is 3.21. The Morgan fingerprint density at radius 1 is 1.50 bits per heavy atom. The summed E-state index contributed by atoms with van der Waals surface area (Å²) in [7, 11) is 0. The monoisotopic (exact) mass is 253 g/mol. The number of carbonyl (C=O) groups excluding carboxylic acids is 2. The predicted octanol–water partition coefficient (Wildman–Crippen LogP) is 1.15. The summed E-state index contributed by atoms with van der Waals surface area (Å²) < 4.78 is 10.4. The van der Waals surface area contributed by atoms with Crippen LogP contribution in [-0.4, -0.2) is 42.8 Å². The van der Waals surface area contributed by atoms with E-state index in [1.807, 2.05) is 13.8 Å². The molecule has 0 saturated heterocycles. The van der Waals surface area contributed by atoms with Crippen LogP contribution in [0.15, 0.2) is 4.99 Å². The fourth-order valence-electron chi connectivity index (χ4n) is 2.48. The van der Waals surface area contributed by atoms with Crippen molar-refractivity contribution in [1.82, 2.24) is 0 Å². The van der Waals surface area contributed by atoms with Crippen LogP contribution in [0.2, 0.25) is 0 Å². The molecule has 0 amide bonds. The highest BCUT2D eigenvalue weighted by Crippen LogP contribution is 2.34. The number of rotatable bonds is 2. The van der Waals surface area contributed by atoms with Gasteiger partial charge in [-0.2, -0.15) is 0 Å². The molecule has 0 N–H and O–H groups in total. The minimum absolute atomic E-state index is 0.0623. The number of Topliss-reactive ketones (excluding diaryl/α,β-unsaturated/α-hetero) is 1. The van der Waals surface area contributed by atoms with Gasteiger partial charge in [-0.05, 0) is 18.8 Å². The Morgan fingerprint density at radius 3 is 2.89 bits per heavy atom. The zero-order valence-electron chi connectivity index (χ0n) is 11.1. The van der Waals surface area contributed by atoms with Crippen molar-refractivity contribution >= 4 is 17.5 Å². The Labute approximate surface area is 107 Å². The maximum absolute atomic E-state index is 11.9. The molecule has 18 heavy (non-hydrogen) atoms. The van der Waals surface area contributed by atoms with E-state index in [9.17, 15) is 9.59 Å². The van der Waals surface area contributed by atoms with E-state index in [4.69, 9.17) is 9.47 Å². The lowest BCUT2D eigenvalue weighted by atomic mass is 9.74. The van der Waals surface area contributed by atoms with E-state index < -0.39 is 12.1 Å². The van der Waals surface area contributed by atoms with Crippen molar-refractivity contribution in [2.24, 2.45) is 10.4 Å². The molecule has 1 saturated carbocycles. The smallest absolute Gasteiger partial charge is 0.333 e. The number of ketones is 1. The molecular formula is C13H19NO4. The maximum Gasteiger partial charge on any atom is 0.333 e. The summed E-state index contributed by atoms with van der Waals surface area (Å²) in [5.74, 6) is -0.313. The number of hydrogen-bond donors (Lipinski definition) is 0. The molecule has 0 aromatic rings. The molecule has 0 radical (unpaired) electrons. The summed E-state index contributed by atoms with van der Waals surface area (Å²) in [4.78, 5) is 27.9. The molecule has 0 bridgehead atoms. The molecule has 0 aromatic heterocycles. The highest BCUT2D eigenvalue weighted by Gasteiger charge is 2.42. The topological polar surface area (TPSA) is 65.0 Å². The molecule has 2 atom stereocenters. The van der Waals surface area contributed by atoms with E-state index in [1.54, 1.807) is 6.92 Å². The first-order chi connectivity index (χ1) is 8.43. The SMILES string of the molecule is CCOC(=O)C1COC2C(=O)CC(C)(C)CC2=N1. The van der Waals surface area contributed by atoms with E-state index in [-0.39, 0.29) is 23.8 Å². The summed E-state index contributed by atoms with van der Waals surface area (Å²) in [6.07, 6.45) is 0.656. The maximum atomic E-state index is 11.9. The average Bonchev–Trinajstić information content (AvgIpc) is 2.26. The number of nitrogens with zero attached hydrogens (tertiary/aromatic N) is 1. The number of carbonyl (C=O) groups is 2. The van der Waals surface area contributed by atoms with Crippen molar-refractivity contribution in [1.29, 1.82) is 0 Å². The molecule has 5 heteroatoms. The van der Waals surface area contributed by atoms with E-state index in [1.165, 1.54) is 0 Å². The molecule has 1 fully saturated rings. The number of ether oxygens (including phenoxy) is 2. The van der Waals surface area contributed by atoms with Crippen molar-refractivity contribution in [3.63, 3.8) is 0 Å². The lowest BCUT2D eigenvalue weighted by Crippen LogP contribution is -2.49. The van der Waals surface area contributed by atoms with Gasteiger partial charge in [0.05, 0.1) is 18.9 Å². The highest BCUT2D eigenvalue weighted by atomic mass is 16.5. The Kier molecular flexibility index (Phi) is 3.52. The molecule has 100 valence electrons. The minimum atomic E-state index is -0.613. The van der Waals surface area contributed by atoms with Crippen LogP contribution >= 0.6 is 0 Å². The highest BCUT2D eigenvalue weighted by molar-refractivity contribution is 6.11. The first kappa shape index (κ1) is 13.2.